The lowest BCUT2D eigenvalue weighted by Gasteiger charge is -2.28. The molecule has 0 saturated heterocycles. The van der Waals surface area contributed by atoms with E-state index in [1.54, 1.807) is 4.90 Å². The number of guanidine groups is 1. The predicted octanol–water partition coefficient (Wildman–Crippen LogP) is 2.43. The van der Waals surface area contributed by atoms with E-state index in [1.165, 1.54) is 0 Å². The van der Waals surface area contributed by atoms with Crippen molar-refractivity contribution in [2.24, 2.45) is 16.6 Å². The Morgan fingerprint density at radius 2 is 1.89 bits per heavy atom. The van der Waals surface area contributed by atoms with Crippen molar-refractivity contribution in [3.8, 4) is 0 Å². The standard InChI is InChI=1S/C13H16F3N3/c1-7(2)6-19-11(5-18-13(19)17)8-3-9(14)12(16)10(15)4-8/h3-4,7,11H,5-6H2,1-2H3,(H2,17,18). The molecule has 1 unspecified atom stereocenters. The smallest absolute Gasteiger partial charge is 0.194 e. The summed E-state index contributed by atoms with van der Waals surface area (Å²) in [5.41, 5.74) is 6.12. The van der Waals surface area contributed by atoms with Crippen molar-refractivity contribution in [2.75, 3.05) is 13.1 Å². The summed E-state index contributed by atoms with van der Waals surface area (Å²) in [6.45, 7) is 4.96. The summed E-state index contributed by atoms with van der Waals surface area (Å²) in [5.74, 6) is -3.16. The largest absolute Gasteiger partial charge is 0.370 e. The zero-order valence-corrected chi connectivity index (χ0v) is 10.8. The van der Waals surface area contributed by atoms with E-state index >= 15 is 0 Å². The van der Waals surface area contributed by atoms with Crippen molar-refractivity contribution in [1.82, 2.24) is 4.90 Å². The SMILES string of the molecule is CC(C)CN1C(N)=NCC1c1cc(F)c(F)c(F)c1. The molecular weight excluding hydrogens is 255 g/mol. The van der Waals surface area contributed by atoms with Gasteiger partial charge < -0.3 is 10.6 Å². The molecule has 0 amide bonds. The summed E-state index contributed by atoms with van der Waals surface area (Å²) in [6, 6.07) is 1.67. The zero-order chi connectivity index (χ0) is 14.2. The van der Waals surface area contributed by atoms with Crippen LogP contribution in [0.5, 0.6) is 0 Å². The van der Waals surface area contributed by atoms with Crippen molar-refractivity contribution in [3.05, 3.63) is 35.1 Å². The molecular formula is C13H16F3N3. The topological polar surface area (TPSA) is 41.6 Å². The van der Waals surface area contributed by atoms with Crippen LogP contribution in [-0.4, -0.2) is 23.9 Å². The van der Waals surface area contributed by atoms with E-state index in [4.69, 9.17) is 5.73 Å². The molecule has 0 fully saturated rings. The van der Waals surface area contributed by atoms with Gasteiger partial charge in [-0.1, -0.05) is 13.8 Å². The second-order valence-corrected chi connectivity index (χ2v) is 5.06. The minimum Gasteiger partial charge on any atom is -0.370 e. The van der Waals surface area contributed by atoms with Gasteiger partial charge in [0.1, 0.15) is 0 Å². The first-order chi connectivity index (χ1) is 8.90. The zero-order valence-electron chi connectivity index (χ0n) is 10.8. The maximum atomic E-state index is 13.3. The average Bonchev–Trinajstić information content (AvgIpc) is 2.67. The highest BCUT2D eigenvalue weighted by Crippen LogP contribution is 2.28. The molecule has 0 aliphatic carbocycles. The quantitative estimate of drug-likeness (QED) is 0.858. The lowest BCUT2D eigenvalue weighted by molar-refractivity contribution is 0.307. The molecule has 1 aliphatic rings. The molecule has 0 spiro atoms. The molecule has 1 aromatic carbocycles. The van der Waals surface area contributed by atoms with E-state index in [1.807, 2.05) is 13.8 Å². The van der Waals surface area contributed by atoms with Crippen LogP contribution in [0, 0.1) is 23.4 Å². The van der Waals surface area contributed by atoms with Crippen LogP contribution in [-0.2, 0) is 0 Å². The van der Waals surface area contributed by atoms with Gasteiger partial charge in [0, 0.05) is 6.54 Å². The van der Waals surface area contributed by atoms with Crippen LogP contribution in [0.4, 0.5) is 13.2 Å². The Kier molecular flexibility index (Phi) is 3.68. The van der Waals surface area contributed by atoms with E-state index in [2.05, 4.69) is 4.99 Å². The summed E-state index contributed by atoms with van der Waals surface area (Å²) >= 11 is 0. The van der Waals surface area contributed by atoms with Crippen LogP contribution in [0.15, 0.2) is 17.1 Å². The van der Waals surface area contributed by atoms with Gasteiger partial charge in [0.15, 0.2) is 23.4 Å². The van der Waals surface area contributed by atoms with E-state index in [9.17, 15) is 13.2 Å². The van der Waals surface area contributed by atoms with Gasteiger partial charge in [-0.2, -0.15) is 0 Å². The summed E-state index contributed by atoms with van der Waals surface area (Å²) in [4.78, 5) is 5.88. The summed E-state index contributed by atoms with van der Waals surface area (Å²) in [6.07, 6.45) is 0. The van der Waals surface area contributed by atoms with Crippen molar-refractivity contribution in [1.29, 1.82) is 0 Å². The fraction of sp³-hybridized carbons (Fsp3) is 0.462. The first kappa shape index (κ1) is 13.7. The highest BCUT2D eigenvalue weighted by atomic mass is 19.2. The van der Waals surface area contributed by atoms with Crippen molar-refractivity contribution in [3.63, 3.8) is 0 Å². The molecule has 0 bridgehead atoms. The lowest BCUT2D eigenvalue weighted by atomic mass is 10.0. The first-order valence-corrected chi connectivity index (χ1v) is 6.11. The summed E-state index contributed by atoms with van der Waals surface area (Å²) in [7, 11) is 0. The highest BCUT2D eigenvalue weighted by molar-refractivity contribution is 5.80. The second-order valence-electron chi connectivity index (χ2n) is 5.06. The molecule has 0 saturated carbocycles. The van der Waals surface area contributed by atoms with Crippen LogP contribution in [0.1, 0.15) is 25.5 Å². The number of nitrogens with two attached hydrogens (primary N) is 1. The number of hydrogen-bond donors (Lipinski definition) is 1. The van der Waals surface area contributed by atoms with Gasteiger partial charge in [-0.15, -0.1) is 0 Å². The van der Waals surface area contributed by atoms with Gasteiger partial charge in [0.05, 0.1) is 12.6 Å². The molecule has 19 heavy (non-hydrogen) atoms. The minimum atomic E-state index is -1.45. The maximum Gasteiger partial charge on any atom is 0.194 e. The summed E-state index contributed by atoms with van der Waals surface area (Å²) in [5, 5.41) is 0. The first-order valence-electron chi connectivity index (χ1n) is 6.11. The third kappa shape index (κ3) is 2.67. The molecule has 104 valence electrons. The summed E-state index contributed by atoms with van der Waals surface area (Å²) < 4.78 is 39.5. The number of halogens is 3. The van der Waals surface area contributed by atoms with Gasteiger partial charge in [0.25, 0.3) is 0 Å². The van der Waals surface area contributed by atoms with Gasteiger partial charge in [-0.3, -0.25) is 4.99 Å². The van der Waals surface area contributed by atoms with Gasteiger partial charge in [-0.05, 0) is 23.6 Å². The second kappa shape index (κ2) is 5.11. The van der Waals surface area contributed by atoms with Gasteiger partial charge in [-0.25, -0.2) is 13.2 Å². The number of hydrogen-bond acceptors (Lipinski definition) is 3. The Labute approximate surface area is 109 Å². The Morgan fingerprint density at radius 1 is 1.32 bits per heavy atom. The fourth-order valence-electron chi connectivity index (χ4n) is 2.20. The van der Waals surface area contributed by atoms with E-state index < -0.39 is 17.5 Å². The van der Waals surface area contributed by atoms with E-state index in [0.717, 1.165) is 12.1 Å². The van der Waals surface area contributed by atoms with Crippen molar-refractivity contribution >= 4 is 5.96 Å². The van der Waals surface area contributed by atoms with Crippen LogP contribution in [0.3, 0.4) is 0 Å². The molecule has 1 atom stereocenters. The van der Waals surface area contributed by atoms with Gasteiger partial charge in [0.2, 0.25) is 0 Å². The Balaban J connectivity index is 2.31. The average molecular weight is 271 g/mol. The molecule has 1 aliphatic heterocycles. The maximum absolute atomic E-state index is 13.3. The normalized spacial score (nSPS) is 19.2. The number of benzene rings is 1. The Hall–Kier alpha value is -1.72. The third-order valence-electron chi connectivity index (χ3n) is 3.05. The monoisotopic (exact) mass is 271 g/mol. The Bertz CT molecular complexity index is 491. The Morgan fingerprint density at radius 3 is 2.42 bits per heavy atom. The van der Waals surface area contributed by atoms with Crippen LogP contribution < -0.4 is 5.73 Å². The molecule has 1 aromatic rings. The highest BCUT2D eigenvalue weighted by Gasteiger charge is 2.29. The van der Waals surface area contributed by atoms with E-state index in [-0.39, 0.29) is 6.04 Å². The molecule has 6 heteroatoms. The number of nitrogens with zero attached hydrogens (tertiary/aromatic N) is 2. The molecule has 2 rings (SSSR count). The number of aliphatic imine (C=N–C) groups is 1. The van der Waals surface area contributed by atoms with Crippen molar-refractivity contribution < 1.29 is 13.2 Å². The third-order valence-corrected chi connectivity index (χ3v) is 3.05. The van der Waals surface area contributed by atoms with Gasteiger partial charge >= 0.3 is 0 Å². The van der Waals surface area contributed by atoms with E-state index in [0.29, 0.717) is 30.5 Å². The molecule has 0 aromatic heterocycles. The number of rotatable bonds is 3. The molecule has 0 radical (unpaired) electrons. The molecule has 3 nitrogen and oxygen atoms in total. The van der Waals surface area contributed by atoms with Crippen molar-refractivity contribution in [2.45, 2.75) is 19.9 Å². The fourth-order valence-corrected chi connectivity index (χ4v) is 2.20. The van der Waals surface area contributed by atoms with Crippen LogP contribution in [0.25, 0.3) is 0 Å². The van der Waals surface area contributed by atoms with Crippen LogP contribution in [0.2, 0.25) is 0 Å². The molecule has 2 N–H and O–H groups in total. The molecule has 1 heterocycles. The minimum absolute atomic E-state index is 0.322. The lowest BCUT2D eigenvalue weighted by Crippen LogP contribution is -2.38. The van der Waals surface area contributed by atoms with Crippen LogP contribution >= 0.6 is 0 Å². The predicted molar refractivity (Wildman–Crippen MR) is 67.1 cm³/mol.